The van der Waals surface area contributed by atoms with E-state index in [0.717, 1.165) is 5.20 Å². The molecule has 0 spiro atoms. The number of hydrogen-bond acceptors (Lipinski definition) is 2. The van der Waals surface area contributed by atoms with E-state index in [4.69, 9.17) is 8.85 Å². The van der Waals surface area contributed by atoms with Gasteiger partial charge in [0.1, 0.15) is 0 Å². The van der Waals surface area contributed by atoms with Gasteiger partial charge in [-0.1, -0.05) is 18.7 Å². The van der Waals surface area contributed by atoms with Crippen molar-refractivity contribution in [3.05, 3.63) is 23.9 Å². The molecule has 70 valence electrons. The Bertz CT molecular complexity index is 149. The second kappa shape index (κ2) is 7.28. The molecule has 0 aromatic carbocycles. The Morgan fingerprint density at radius 3 is 2.08 bits per heavy atom. The van der Waals surface area contributed by atoms with Gasteiger partial charge in [0.05, 0.1) is 0 Å². The Morgan fingerprint density at radius 1 is 1.33 bits per heavy atom. The van der Waals surface area contributed by atoms with Crippen molar-refractivity contribution in [3.8, 4) is 0 Å². The van der Waals surface area contributed by atoms with Gasteiger partial charge < -0.3 is 8.85 Å². The van der Waals surface area contributed by atoms with Crippen molar-refractivity contribution in [2.45, 2.75) is 20.8 Å². The Labute approximate surface area is 76.7 Å². The summed E-state index contributed by atoms with van der Waals surface area (Å²) in [4.78, 5) is 0. The summed E-state index contributed by atoms with van der Waals surface area (Å²) in [5.41, 5.74) is 0. The van der Waals surface area contributed by atoms with E-state index in [0.29, 0.717) is 13.2 Å². The molecule has 0 aliphatic rings. The van der Waals surface area contributed by atoms with Crippen LogP contribution in [-0.4, -0.2) is 22.5 Å². The molecule has 0 N–H and O–H groups in total. The summed E-state index contributed by atoms with van der Waals surface area (Å²) in [5, 5.41) is 1.12. The molecule has 0 unspecified atom stereocenters. The van der Waals surface area contributed by atoms with Gasteiger partial charge in [-0.05, 0) is 26.0 Å². The molecular formula is C9H18O2Si. The highest BCUT2D eigenvalue weighted by molar-refractivity contribution is 6.54. The van der Waals surface area contributed by atoms with E-state index < -0.39 is 9.28 Å². The lowest BCUT2D eigenvalue weighted by molar-refractivity contribution is 0.222. The lowest BCUT2D eigenvalue weighted by Crippen LogP contribution is -2.25. The topological polar surface area (TPSA) is 18.5 Å². The number of hydrogen-bond donors (Lipinski definition) is 0. The van der Waals surface area contributed by atoms with Crippen molar-refractivity contribution in [1.82, 2.24) is 0 Å². The zero-order chi connectivity index (χ0) is 9.40. The average molecular weight is 186 g/mol. The molecule has 0 aliphatic heterocycles. The standard InChI is InChI=1S/C9H18O2Si/c1-5-9(6-2)12(10-7-3)11-8-4/h5-6,12H,1,7-8H2,2-4H3. The van der Waals surface area contributed by atoms with Gasteiger partial charge in [-0.15, -0.1) is 0 Å². The van der Waals surface area contributed by atoms with E-state index in [-0.39, 0.29) is 0 Å². The number of allylic oxidation sites excluding steroid dienone is 3. The largest absolute Gasteiger partial charge is 0.394 e. The van der Waals surface area contributed by atoms with Gasteiger partial charge in [0.2, 0.25) is 0 Å². The van der Waals surface area contributed by atoms with Crippen LogP contribution >= 0.6 is 0 Å². The summed E-state index contributed by atoms with van der Waals surface area (Å²) in [6, 6.07) is 0. The third-order valence-electron chi connectivity index (χ3n) is 1.48. The molecule has 0 atom stereocenters. The summed E-state index contributed by atoms with van der Waals surface area (Å²) in [6.07, 6.45) is 3.83. The highest BCUT2D eigenvalue weighted by Crippen LogP contribution is 2.05. The van der Waals surface area contributed by atoms with Crippen LogP contribution in [0.2, 0.25) is 0 Å². The van der Waals surface area contributed by atoms with Crippen LogP contribution in [0.3, 0.4) is 0 Å². The Kier molecular flexibility index (Phi) is 7.04. The summed E-state index contributed by atoms with van der Waals surface area (Å²) in [5.74, 6) is 0. The minimum Gasteiger partial charge on any atom is -0.394 e. The van der Waals surface area contributed by atoms with E-state index in [1.54, 1.807) is 0 Å². The predicted octanol–water partition coefficient (Wildman–Crippen LogP) is 1.95. The Balaban J connectivity index is 4.15. The highest BCUT2D eigenvalue weighted by atomic mass is 28.3. The molecular weight excluding hydrogens is 168 g/mol. The van der Waals surface area contributed by atoms with Crippen LogP contribution in [0.1, 0.15) is 20.8 Å². The second-order valence-corrected chi connectivity index (χ2v) is 4.23. The lowest BCUT2D eigenvalue weighted by atomic mass is 10.5. The maximum atomic E-state index is 5.50. The molecule has 0 aliphatic carbocycles. The van der Waals surface area contributed by atoms with E-state index in [1.807, 2.05) is 32.9 Å². The van der Waals surface area contributed by atoms with E-state index in [1.165, 1.54) is 0 Å². The molecule has 0 saturated carbocycles. The molecule has 3 heteroatoms. The SMILES string of the molecule is C=CC(=CC)[SiH](OCC)OCC. The molecule has 0 fully saturated rings. The summed E-state index contributed by atoms with van der Waals surface area (Å²) < 4.78 is 11.0. The number of rotatable bonds is 6. The smallest absolute Gasteiger partial charge is 0.355 e. The van der Waals surface area contributed by atoms with Gasteiger partial charge in [-0.3, -0.25) is 0 Å². The predicted molar refractivity (Wildman–Crippen MR) is 54.4 cm³/mol. The zero-order valence-corrected chi connectivity index (χ0v) is 9.32. The maximum absolute atomic E-state index is 5.50. The van der Waals surface area contributed by atoms with Crippen molar-refractivity contribution in [2.75, 3.05) is 13.2 Å². The third-order valence-corrected chi connectivity index (χ3v) is 3.86. The first-order valence-electron chi connectivity index (χ1n) is 4.31. The minimum absolute atomic E-state index is 0.710. The maximum Gasteiger partial charge on any atom is 0.355 e. The van der Waals surface area contributed by atoms with Crippen LogP contribution < -0.4 is 0 Å². The second-order valence-electron chi connectivity index (χ2n) is 2.24. The molecule has 0 bridgehead atoms. The van der Waals surface area contributed by atoms with Gasteiger partial charge in [-0.2, -0.15) is 0 Å². The van der Waals surface area contributed by atoms with Gasteiger partial charge in [0.25, 0.3) is 0 Å². The Morgan fingerprint density at radius 2 is 1.83 bits per heavy atom. The molecule has 0 heterocycles. The fraction of sp³-hybridized carbons (Fsp3) is 0.556. The first kappa shape index (κ1) is 11.6. The molecule has 12 heavy (non-hydrogen) atoms. The molecule has 0 amide bonds. The fourth-order valence-corrected chi connectivity index (χ4v) is 2.44. The average Bonchev–Trinajstić information content (AvgIpc) is 2.07. The van der Waals surface area contributed by atoms with Crippen LogP contribution in [0.15, 0.2) is 23.9 Å². The van der Waals surface area contributed by atoms with E-state index in [9.17, 15) is 0 Å². The van der Waals surface area contributed by atoms with Crippen molar-refractivity contribution < 1.29 is 8.85 Å². The van der Waals surface area contributed by atoms with Crippen molar-refractivity contribution >= 4 is 9.28 Å². The summed E-state index contributed by atoms with van der Waals surface area (Å²) >= 11 is 0. The molecule has 0 radical (unpaired) electrons. The van der Waals surface area contributed by atoms with Crippen molar-refractivity contribution in [1.29, 1.82) is 0 Å². The van der Waals surface area contributed by atoms with Crippen molar-refractivity contribution in [2.24, 2.45) is 0 Å². The van der Waals surface area contributed by atoms with E-state index >= 15 is 0 Å². The monoisotopic (exact) mass is 186 g/mol. The summed E-state index contributed by atoms with van der Waals surface area (Å²) in [6.45, 7) is 11.1. The van der Waals surface area contributed by atoms with E-state index in [2.05, 4.69) is 6.58 Å². The van der Waals surface area contributed by atoms with Crippen molar-refractivity contribution in [3.63, 3.8) is 0 Å². The highest BCUT2D eigenvalue weighted by Gasteiger charge is 2.14. The summed E-state index contributed by atoms with van der Waals surface area (Å²) in [7, 11) is -1.61. The van der Waals surface area contributed by atoms with Crippen LogP contribution in [0, 0.1) is 0 Å². The van der Waals surface area contributed by atoms with Gasteiger partial charge >= 0.3 is 9.28 Å². The first-order valence-corrected chi connectivity index (χ1v) is 5.83. The van der Waals surface area contributed by atoms with Gasteiger partial charge in [0.15, 0.2) is 0 Å². The van der Waals surface area contributed by atoms with Crippen LogP contribution in [0.4, 0.5) is 0 Å². The zero-order valence-electron chi connectivity index (χ0n) is 8.17. The van der Waals surface area contributed by atoms with Crippen LogP contribution in [0.25, 0.3) is 0 Å². The Hall–Kier alpha value is -0.383. The van der Waals surface area contributed by atoms with Crippen LogP contribution in [0.5, 0.6) is 0 Å². The molecule has 0 aromatic rings. The molecule has 0 rings (SSSR count). The molecule has 2 nitrogen and oxygen atoms in total. The molecule has 0 saturated heterocycles. The lowest BCUT2D eigenvalue weighted by Gasteiger charge is -2.15. The van der Waals surface area contributed by atoms with Gasteiger partial charge in [0, 0.05) is 13.2 Å². The molecule has 0 aromatic heterocycles. The van der Waals surface area contributed by atoms with Gasteiger partial charge in [-0.25, -0.2) is 0 Å². The van der Waals surface area contributed by atoms with Crippen LogP contribution in [-0.2, 0) is 8.85 Å². The third kappa shape index (κ3) is 3.85. The normalized spacial score (nSPS) is 12.2. The first-order chi connectivity index (χ1) is 5.79. The quantitative estimate of drug-likeness (QED) is 0.466. The fourth-order valence-electron chi connectivity index (χ4n) is 0.893. The minimum atomic E-state index is -1.61.